The predicted octanol–water partition coefficient (Wildman–Crippen LogP) is 2.46. The summed E-state index contributed by atoms with van der Waals surface area (Å²) >= 11 is 0. The molecule has 2 aliphatic rings. The molecule has 2 aromatic heterocycles. The molecule has 0 radical (unpaired) electrons. The van der Waals surface area contributed by atoms with Gasteiger partial charge in [-0.2, -0.15) is 5.10 Å². The second-order valence-electron chi connectivity index (χ2n) is 8.04. The fraction of sp³-hybridized carbons (Fsp3) is 0.600. The van der Waals surface area contributed by atoms with E-state index in [1.807, 2.05) is 29.5 Å². The van der Waals surface area contributed by atoms with Crippen molar-refractivity contribution in [2.24, 2.45) is 5.92 Å². The van der Waals surface area contributed by atoms with Gasteiger partial charge in [-0.05, 0) is 25.3 Å². The summed E-state index contributed by atoms with van der Waals surface area (Å²) in [6.07, 6.45) is 4.10. The number of nitrogens with one attached hydrogen (secondary N) is 1. The zero-order valence-corrected chi connectivity index (χ0v) is 16.5. The fourth-order valence-corrected chi connectivity index (χ4v) is 3.64. The van der Waals surface area contributed by atoms with Gasteiger partial charge in [-0.3, -0.25) is 14.3 Å². The molecule has 0 saturated heterocycles. The Morgan fingerprint density at radius 2 is 2.07 bits per heavy atom. The van der Waals surface area contributed by atoms with Gasteiger partial charge in [0, 0.05) is 31.0 Å². The fourth-order valence-electron chi connectivity index (χ4n) is 3.64. The van der Waals surface area contributed by atoms with Crippen LogP contribution in [0.1, 0.15) is 73.1 Å². The molecule has 8 heteroatoms. The molecule has 150 valence electrons. The minimum absolute atomic E-state index is 0.184. The first-order valence-electron chi connectivity index (χ1n) is 10.1. The molecule has 1 aliphatic heterocycles. The monoisotopic (exact) mass is 385 g/mol. The number of fused-ring (bicyclic) bond motifs is 1. The Morgan fingerprint density at radius 3 is 2.75 bits per heavy atom. The lowest BCUT2D eigenvalue weighted by atomic mass is 9.84. The Balaban J connectivity index is 1.37. The minimum atomic E-state index is -0.277. The Bertz CT molecular complexity index is 865. The van der Waals surface area contributed by atoms with Crippen molar-refractivity contribution in [3.05, 3.63) is 35.0 Å². The first-order chi connectivity index (χ1) is 13.5. The van der Waals surface area contributed by atoms with Gasteiger partial charge < -0.3 is 14.7 Å². The molecule has 4 rings (SSSR count). The third-order valence-corrected chi connectivity index (χ3v) is 5.59. The molecule has 0 unspecified atom stereocenters. The zero-order chi connectivity index (χ0) is 19.7. The van der Waals surface area contributed by atoms with Gasteiger partial charge in [0.05, 0.1) is 24.5 Å². The van der Waals surface area contributed by atoms with E-state index in [4.69, 9.17) is 4.52 Å². The highest BCUT2D eigenvalue weighted by Gasteiger charge is 2.30. The highest BCUT2D eigenvalue weighted by molar-refractivity contribution is 5.92. The lowest BCUT2D eigenvalue weighted by Gasteiger charge is -2.30. The topological polar surface area (TPSA) is 93.3 Å². The number of aryl methyl sites for hydroxylation is 1. The highest BCUT2D eigenvalue weighted by atomic mass is 16.5. The number of amides is 2. The van der Waals surface area contributed by atoms with Gasteiger partial charge >= 0.3 is 0 Å². The third kappa shape index (κ3) is 3.81. The number of carbonyl (C=O) groups is 2. The number of nitrogens with zero attached hydrogens (tertiary/aromatic N) is 4. The molecule has 3 heterocycles. The first-order valence-corrected chi connectivity index (χ1v) is 10.1. The van der Waals surface area contributed by atoms with Gasteiger partial charge in [0.15, 0.2) is 5.69 Å². The average molecular weight is 385 g/mol. The number of aromatic nitrogens is 3. The van der Waals surface area contributed by atoms with Crippen LogP contribution in [0.25, 0.3) is 0 Å². The van der Waals surface area contributed by atoms with Crippen molar-refractivity contribution in [2.75, 3.05) is 6.54 Å². The molecule has 0 atom stereocenters. The van der Waals surface area contributed by atoms with E-state index in [2.05, 4.69) is 15.6 Å². The second-order valence-corrected chi connectivity index (χ2v) is 8.04. The lowest BCUT2D eigenvalue weighted by Crippen LogP contribution is -2.38. The van der Waals surface area contributed by atoms with E-state index in [1.54, 1.807) is 6.07 Å². The molecule has 2 aromatic rings. The van der Waals surface area contributed by atoms with Gasteiger partial charge in [-0.25, -0.2) is 0 Å². The van der Waals surface area contributed by atoms with Gasteiger partial charge in [0.2, 0.25) is 5.91 Å². The zero-order valence-electron chi connectivity index (χ0n) is 16.5. The van der Waals surface area contributed by atoms with Crippen LogP contribution in [0, 0.1) is 5.92 Å². The van der Waals surface area contributed by atoms with E-state index >= 15 is 0 Å². The van der Waals surface area contributed by atoms with Crippen LogP contribution in [-0.2, 0) is 24.4 Å². The molecule has 1 N–H and O–H groups in total. The van der Waals surface area contributed by atoms with Crippen molar-refractivity contribution in [3.8, 4) is 0 Å². The third-order valence-electron chi connectivity index (χ3n) is 5.59. The van der Waals surface area contributed by atoms with E-state index in [9.17, 15) is 9.59 Å². The molecule has 1 aliphatic carbocycles. The summed E-state index contributed by atoms with van der Waals surface area (Å²) in [7, 11) is 0. The molecular formula is C20H27N5O3. The standard InChI is InChI=1S/C20H27N5O3/c1-13(2)18-10-17(23-28-18)19(26)21-11-15-9-16-12-24(7-4-8-25(16)22-15)20(27)14-5-3-6-14/h9-10,13-14H,3-8,11-12H2,1-2H3,(H,21,26). The van der Waals surface area contributed by atoms with E-state index in [0.29, 0.717) is 18.8 Å². The van der Waals surface area contributed by atoms with E-state index in [-0.39, 0.29) is 29.3 Å². The number of hydrogen-bond donors (Lipinski definition) is 1. The second kappa shape index (κ2) is 7.77. The first kappa shape index (κ1) is 18.7. The van der Waals surface area contributed by atoms with Crippen molar-refractivity contribution in [1.82, 2.24) is 25.2 Å². The van der Waals surface area contributed by atoms with E-state index in [1.165, 1.54) is 0 Å². The maximum absolute atomic E-state index is 12.6. The van der Waals surface area contributed by atoms with Gasteiger partial charge in [-0.1, -0.05) is 25.4 Å². The predicted molar refractivity (Wildman–Crippen MR) is 101 cm³/mol. The smallest absolute Gasteiger partial charge is 0.273 e. The van der Waals surface area contributed by atoms with Crippen molar-refractivity contribution in [2.45, 2.75) is 65.1 Å². The van der Waals surface area contributed by atoms with Crippen LogP contribution in [0.5, 0.6) is 0 Å². The lowest BCUT2D eigenvalue weighted by molar-refractivity contribution is -0.138. The van der Waals surface area contributed by atoms with Crippen molar-refractivity contribution in [1.29, 1.82) is 0 Å². The van der Waals surface area contributed by atoms with Crippen molar-refractivity contribution >= 4 is 11.8 Å². The Hall–Kier alpha value is -2.64. The van der Waals surface area contributed by atoms with Gasteiger partial charge in [0.1, 0.15) is 5.76 Å². The summed E-state index contributed by atoms with van der Waals surface area (Å²) in [4.78, 5) is 26.8. The molecular weight excluding hydrogens is 358 g/mol. The number of carbonyl (C=O) groups excluding carboxylic acids is 2. The Morgan fingerprint density at radius 1 is 1.25 bits per heavy atom. The molecule has 0 spiro atoms. The summed E-state index contributed by atoms with van der Waals surface area (Å²) in [6, 6.07) is 3.65. The molecule has 28 heavy (non-hydrogen) atoms. The van der Waals surface area contributed by atoms with E-state index in [0.717, 1.165) is 50.2 Å². The van der Waals surface area contributed by atoms with Crippen LogP contribution in [0.2, 0.25) is 0 Å². The van der Waals surface area contributed by atoms with Crippen LogP contribution in [-0.4, -0.2) is 38.2 Å². The van der Waals surface area contributed by atoms with Crippen LogP contribution in [0.15, 0.2) is 16.7 Å². The minimum Gasteiger partial charge on any atom is -0.360 e. The summed E-state index contributed by atoms with van der Waals surface area (Å²) in [6.45, 7) is 6.46. The maximum atomic E-state index is 12.6. The largest absolute Gasteiger partial charge is 0.360 e. The van der Waals surface area contributed by atoms with Crippen molar-refractivity contribution < 1.29 is 14.1 Å². The van der Waals surface area contributed by atoms with Gasteiger partial charge in [-0.15, -0.1) is 0 Å². The molecule has 0 aromatic carbocycles. The molecule has 8 nitrogen and oxygen atoms in total. The summed E-state index contributed by atoms with van der Waals surface area (Å²) in [5, 5.41) is 11.3. The van der Waals surface area contributed by atoms with Gasteiger partial charge in [0.25, 0.3) is 5.91 Å². The van der Waals surface area contributed by atoms with Crippen LogP contribution in [0.3, 0.4) is 0 Å². The van der Waals surface area contributed by atoms with E-state index < -0.39 is 0 Å². The molecule has 1 saturated carbocycles. The van der Waals surface area contributed by atoms with Crippen LogP contribution in [0.4, 0.5) is 0 Å². The number of rotatable bonds is 5. The van der Waals surface area contributed by atoms with Crippen LogP contribution < -0.4 is 5.32 Å². The Labute approximate surface area is 164 Å². The van der Waals surface area contributed by atoms with Crippen LogP contribution >= 0.6 is 0 Å². The maximum Gasteiger partial charge on any atom is 0.273 e. The molecule has 2 amide bonds. The number of hydrogen-bond acceptors (Lipinski definition) is 5. The summed E-state index contributed by atoms with van der Waals surface area (Å²) in [5.74, 6) is 1.09. The highest BCUT2D eigenvalue weighted by Crippen LogP contribution is 2.29. The Kier molecular flexibility index (Phi) is 5.19. The SMILES string of the molecule is CC(C)c1cc(C(=O)NCc2cc3n(n2)CCCN(C(=O)C2CCC2)C3)no1. The normalized spacial score (nSPS) is 17.2. The molecule has 0 bridgehead atoms. The summed E-state index contributed by atoms with van der Waals surface area (Å²) < 4.78 is 7.14. The average Bonchev–Trinajstić information content (AvgIpc) is 3.21. The van der Waals surface area contributed by atoms with Crippen molar-refractivity contribution in [3.63, 3.8) is 0 Å². The quantitative estimate of drug-likeness (QED) is 0.853. The summed E-state index contributed by atoms with van der Waals surface area (Å²) in [5.41, 5.74) is 2.09. The molecule has 1 fully saturated rings.